The lowest BCUT2D eigenvalue weighted by Crippen LogP contribution is -2.51. The Morgan fingerprint density at radius 1 is 0.938 bits per heavy atom. The number of halogens is 6. The number of aryl methyl sites for hydroxylation is 1. The smallest absolute Gasteiger partial charge is 0.475 e. The molecule has 0 saturated carbocycles. The quantitative estimate of drug-likeness (QED) is 0.0972. The Hall–Kier alpha value is -5.20. The Labute approximate surface area is 269 Å². The lowest BCUT2D eigenvalue weighted by atomic mass is 10.0. The fourth-order valence-electron chi connectivity index (χ4n) is 4.08. The van der Waals surface area contributed by atoms with Crippen LogP contribution < -0.4 is 16.8 Å². The van der Waals surface area contributed by atoms with Gasteiger partial charge in [0.05, 0.1) is 19.1 Å². The first-order valence-electron chi connectivity index (χ1n) is 13.7. The van der Waals surface area contributed by atoms with Crippen molar-refractivity contribution in [2.24, 2.45) is 17.4 Å². The Kier molecular flexibility index (Phi) is 15.5. The average molecular weight is 694 g/mol. The summed E-state index contributed by atoms with van der Waals surface area (Å²) in [5, 5.41) is 24.5. The van der Waals surface area contributed by atoms with Crippen molar-refractivity contribution in [1.82, 2.24) is 10.2 Å². The summed E-state index contributed by atoms with van der Waals surface area (Å²) < 4.78 is 68.3. The normalized spacial score (nSPS) is 16.2. The van der Waals surface area contributed by atoms with Crippen molar-refractivity contribution < 1.29 is 65.3 Å². The number of nitrogens with two attached hydrogens (primary N) is 2. The van der Waals surface area contributed by atoms with Crippen molar-refractivity contribution in [3.05, 3.63) is 71.3 Å². The minimum Gasteiger partial charge on any atom is -0.475 e. The highest BCUT2D eigenvalue weighted by Crippen LogP contribution is 2.26. The Morgan fingerprint density at radius 3 is 1.88 bits per heavy atom. The minimum absolute atomic E-state index is 0.0341. The molecule has 3 rings (SSSR count). The molecule has 2 aromatic rings. The second kappa shape index (κ2) is 18.2. The summed E-state index contributed by atoms with van der Waals surface area (Å²) in [4.78, 5) is 57.5. The SMILES string of the molecule is COC(=O)[C@@H]1C[C@@H](C(=O)NCc2ccc(C(=N)N)cc2)N(C(=O)[C@H](N)CCc2ccccc2)C1.O=C(O)C(F)(F)F.O=C(O)C(F)(F)F. The molecule has 0 spiro atoms. The van der Waals surface area contributed by atoms with E-state index < -0.39 is 48.3 Å². The maximum Gasteiger partial charge on any atom is 0.490 e. The van der Waals surface area contributed by atoms with E-state index in [-0.39, 0.29) is 37.2 Å². The highest BCUT2D eigenvalue weighted by molar-refractivity contribution is 5.95. The van der Waals surface area contributed by atoms with E-state index in [1.54, 1.807) is 24.3 Å². The number of carbonyl (C=O) groups is 5. The van der Waals surface area contributed by atoms with Crippen LogP contribution in [0.1, 0.15) is 29.5 Å². The zero-order valence-electron chi connectivity index (χ0n) is 25.2. The van der Waals surface area contributed by atoms with Gasteiger partial charge in [0.15, 0.2) is 0 Å². The van der Waals surface area contributed by atoms with Gasteiger partial charge in [0.1, 0.15) is 11.9 Å². The second-order valence-electron chi connectivity index (χ2n) is 10.0. The number of rotatable bonds is 9. The molecular formula is C29H33F6N5O8. The van der Waals surface area contributed by atoms with Crippen LogP contribution >= 0.6 is 0 Å². The van der Waals surface area contributed by atoms with E-state index in [9.17, 15) is 40.7 Å². The highest BCUT2D eigenvalue weighted by Gasteiger charge is 2.44. The molecule has 1 aliphatic heterocycles. The third-order valence-corrected chi connectivity index (χ3v) is 6.54. The first-order chi connectivity index (χ1) is 22.2. The molecule has 0 aliphatic carbocycles. The van der Waals surface area contributed by atoms with Gasteiger partial charge in [0, 0.05) is 18.7 Å². The Bertz CT molecular complexity index is 1400. The maximum absolute atomic E-state index is 13.2. The van der Waals surface area contributed by atoms with Crippen molar-refractivity contribution in [2.75, 3.05) is 13.7 Å². The fourth-order valence-corrected chi connectivity index (χ4v) is 4.08. The number of carbonyl (C=O) groups excluding carboxylic acids is 3. The lowest BCUT2D eigenvalue weighted by Gasteiger charge is -2.26. The second-order valence-corrected chi connectivity index (χ2v) is 10.0. The topological polar surface area (TPSA) is 226 Å². The number of alkyl halides is 6. The average Bonchev–Trinajstić information content (AvgIpc) is 3.48. The van der Waals surface area contributed by atoms with Crippen LogP contribution in [-0.4, -0.2) is 88.8 Å². The van der Waals surface area contributed by atoms with E-state index in [1.165, 1.54) is 12.0 Å². The molecule has 264 valence electrons. The number of likely N-dealkylation sites (tertiary alicyclic amines) is 1. The molecule has 3 atom stereocenters. The van der Waals surface area contributed by atoms with E-state index in [4.69, 9.17) is 41.4 Å². The van der Waals surface area contributed by atoms with Crippen LogP contribution in [0.25, 0.3) is 0 Å². The summed E-state index contributed by atoms with van der Waals surface area (Å²) in [7, 11) is 1.29. The molecule has 8 N–H and O–H groups in total. The van der Waals surface area contributed by atoms with Gasteiger partial charge in [-0.05, 0) is 30.4 Å². The summed E-state index contributed by atoms with van der Waals surface area (Å²) in [5.74, 6) is -7.29. The van der Waals surface area contributed by atoms with Gasteiger partial charge in [-0.15, -0.1) is 0 Å². The zero-order chi connectivity index (χ0) is 36.8. The van der Waals surface area contributed by atoms with Gasteiger partial charge in [-0.25, -0.2) is 9.59 Å². The van der Waals surface area contributed by atoms with E-state index >= 15 is 0 Å². The minimum atomic E-state index is -5.08. The number of esters is 1. The van der Waals surface area contributed by atoms with Gasteiger partial charge in [0.2, 0.25) is 11.8 Å². The van der Waals surface area contributed by atoms with E-state index in [0.29, 0.717) is 18.4 Å². The van der Waals surface area contributed by atoms with Gasteiger partial charge in [-0.3, -0.25) is 19.8 Å². The molecule has 1 aliphatic rings. The van der Waals surface area contributed by atoms with Crippen molar-refractivity contribution in [3.8, 4) is 0 Å². The highest BCUT2D eigenvalue weighted by atomic mass is 19.4. The van der Waals surface area contributed by atoms with Crippen LogP contribution in [0.3, 0.4) is 0 Å². The van der Waals surface area contributed by atoms with Crippen LogP contribution in [0.15, 0.2) is 54.6 Å². The molecule has 19 heteroatoms. The Balaban J connectivity index is 0.000000687. The molecule has 48 heavy (non-hydrogen) atoms. The number of carboxylic acids is 2. The molecule has 2 amide bonds. The van der Waals surface area contributed by atoms with Crippen LogP contribution in [0.2, 0.25) is 0 Å². The molecule has 0 radical (unpaired) electrons. The van der Waals surface area contributed by atoms with Crippen molar-refractivity contribution in [2.45, 2.75) is 50.2 Å². The standard InChI is InChI=1S/C25H31N5O4.2C2HF3O2/c1-34-25(33)19-13-21(23(31)29-14-17-7-10-18(11-8-17)22(27)28)30(15-19)24(32)20(26)12-9-16-5-3-2-4-6-16;2*3-2(4,5)1(6)7/h2-8,10-11,19-21H,9,12-15,26H2,1H3,(H3,27,28)(H,29,31);2*(H,6,7)/t19-,20-,21+;;/m1../s1. The van der Waals surface area contributed by atoms with E-state index in [2.05, 4.69) is 5.32 Å². The molecule has 2 aromatic carbocycles. The summed E-state index contributed by atoms with van der Waals surface area (Å²) in [6, 6.07) is 15.1. The third-order valence-electron chi connectivity index (χ3n) is 6.54. The molecule has 1 fully saturated rings. The number of amides is 2. The number of amidine groups is 1. The molecule has 1 heterocycles. The van der Waals surface area contributed by atoms with Crippen molar-refractivity contribution >= 4 is 35.6 Å². The summed E-state index contributed by atoms with van der Waals surface area (Å²) in [6.45, 7) is 0.328. The monoisotopic (exact) mass is 693 g/mol. The zero-order valence-corrected chi connectivity index (χ0v) is 25.2. The maximum atomic E-state index is 13.2. The molecule has 0 aromatic heterocycles. The summed E-state index contributed by atoms with van der Waals surface area (Å²) in [5.41, 5.74) is 14.1. The largest absolute Gasteiger partial charge is 0.490 e. The Morgan fingerprint density at radius 2 is 1.44 bits per heavy atom. The van der Waals surface area contributed by atoms with Gasteiger partial charge in [-0.1, -0.05) is 54.6 Å². The summed E-state index contributed by atoms with van der Waals surface area (Å²) in [6.07, 6.45) is -8.92. The number of ether oxygens (including phenoxy) is 1. The number of nitrogens with zero attached hydrogens (tertiary/aromatic N) is 1. The van der Waals surface area contributed by atoms with Crippen LogP contribution in [0.4, 0.5) is 26.3 Å². The number of methoxy groups -OCH3 is 1. The van der Waals surface area contributed by atoms with Gasteiger partial charge in [0.25, 0.3) is 0 Å². The number of hydrogen-bond donors (Lipinski definition) is 6. The number of aliphatic carboxylic acids is 2. The van der Waals surface area contributed by atoms with Crippen molar-refractivity contribution in [3.63, 3.8) is 0 Å². The van der Waals surface area contributed by atoms with Crippen LogP contribution in [-0.2, 0) is 41.7 Å². The molecule has 1 saturated heterocycles. The molecule has 0 unspecified atom stereocenters. The van der Waals surface area contributed by atoms with Crippen molar-refractivity contribution in [1.29, 1.82) is 5.41 Å². The number of benzene rings is 2. The first-order valence-corrected chi connectivity index (χ1v) is 13.7. The summed E-state index contributed by atoms with van der Waals surface area (Å²) >= 11 is 0. The fraction of sp³-hybridized carbons (Fsp3) is 0.379. The van der Waals surface area contributed by atoms with E-state index in [0.717, 1.165) is 11.1 Å². The molecule has 13 nitrogen and oxygen atoms in total. The predicted molar refractivity (Wildman–Crippen MR) is 155 cm³/mol. The number of nitrogens with one attached hydrogen (secondary N) is 2. The molecular weight excluding hydrogens is 660 g/mol. The van der Waals surface area contributed by atoms with E-state index in [1.807, 2.05) is 30.3 Å². The number of hydrogen-bond acceptors (Lipinski definition) is 8. The van der Waals surface area contributed by atoms with Crippen LogP contribution in [0, 0.1) is 11.3 Å². The predicted octanol–water partition coefficient (Wildman–Crippen LogP) is 2.20. The van der Waals surface area contributed by atoms with Gasteiger partial charge in [-0.2, -0.15) is 26.3 Å². The lowest BCUT2D eigenvalue weighted by molar-refractivity contribution is -0.193. The van der Waals surface area contributed by atoms with Gasteiger partial charge >= 0.3 is 30.3 Å². The number of nitrogen functional groups attached to an aromatic ring is 1. The van der Waals surface area contributed by atoms with Gasteiger partial charge < -0.3 is 36.6 Å². The molecule has 0 bridgehead atoms. The number of carboxylic acid groups (broad SMARTS) is 2. The van der Waals surface area contributed by atoms with Crippen LogP contribution in [0.5, 0.6) is 0 Å². The first kappa shape index (κ1) is 40.8. The third kappa shape index (κ3) is 13.7.